The normalized spacial score (nSPS) is 42.5. The van der Waals surface area contributed by atoms with Crippen LogP contribution >= 0.6 is 23.2 Å². The first-order valence-electron chi connectivity index (χ1n) is 17.0. The van der Waals surface area contributed by atoms with Crippen molar-refractivity contribution in [2.24, 2.45) is 52.3 Å². The molecule has 0 aromatic carbocycles. The van der Waals surface area contributed by atoms with Gasteiger partial charge in [0.2, 0.25) is 0 Å². The van der Waals surface area contributed by atoms with Gasteiger partial charge in [0.05, 0.1) is 16.2 Å². The summed E-state index contributed by atoms with van der Waals surface area (Å²) in [6, 6.07) is 0. The van der Waals surface area contributed by atoms with E-state index in [-0.39, 0.29) is 64.5 Å². The number of halogens is 2. The molecule has 0 aromatic rings. The standard InChI is InChI=1S/C36H50Cl2O4/c1-22-18-28-27-15-14-25-19-26(39)16-17-35(25,3)36(27,38)30(37)20-34(28,2)32(22)29(40)21-42-33(41)31(23-10-6-4-7-11-23)24-12-8-5-9-13-24/h16-17,19,22-24,27-28,30-32H,4-15,18,20-21H2,1-3H3/t22-,27+,28+,30+,32-,34+,35+,36+/m1/s1. The van der Waals surface area contributed by atoms with Crippen LogP contribution in [0.25, 0.3) is 0 Å². The summed E-state index contributed by atoms with van der Waals surface area (Å²) in [5, 5.41) is -0.345. The molecule has 0 bridgehead atoms. The average Bonchev–Trinajstić information content (AvgIpc) is 3.23. The number of ketones is 2. The fraction of sp³-hybridized carbons (Fsp3) is 0.806. The van der Waals surface area contributed by atoms with Crippen molar-refractivity contribution in [2.75, 3.05) is 6.61 Å². The average molecular weight is 618 g/mol. The maximum absolute atomic E-state index is 14.1. The summed E-state index contributed by atoms with van der Waals surface area (Å²) in [6.07, 6.45) is 20.5. The van der Waals surface area contributed by atoms with Crippen molar-refractivity contribution in [2.45, 2.75) is 121 Å². The van der Waals surface area contributed by atoms with Gasteiger partial charge >= 0.3 is 5.97 Å². The SMILES string of the molecule is C[C@@H]1C[C@H]2[C@@H]3CCC4=CC(=O)C=C[C@]4(C)[C@@]3(Cl)[C@@H](Cl)C[C@]2(C)[C@H]1C(=O)COC(=O)C(C1CCCCC1)C1CCCCC1. The number of carbonyl (C=O) groups is 3. The minimum Gasteiger partial charge on any atom is -0.457 e. The minimum atomic E-state index is -0.711. The second kappa shape index (κ2) is 11.7. The van der Waals surface area contributed by atoms with Crippen LogP contribution in [0.15, 0.2) is 23.8 Å². The molecule has 5 fully saturated rings. The molecule has 0 aromatic heterocycles. The predicted octanol–water partition coefficient (Wildman–Crippen LogP) is 8.62. The maximum atomic E-state index is 14.1. The van der Waals surface area contributed by atoms with E-state index in [2.05, 4.69) is 20.8 Å². The molecule has 6 aliphatic carbocycles. The molecule has 6 aliphatic rings. The first-order chi connectivity index (χ1) is 20.0. The molecular formula is C36H50Cl2O4. The van der Waals surface area contributed by atoms with E-state index >= 15 is 0 Å². The van der Waals surface area contributed by atoms with Crippen LogP contribution in [-0.2, 0) is 19.1 Å². The van der Waals surface area contributed by atoms with Gasteiger partial charge in [-0.1, -0.05) is 70.9 Å². The van der Waals surface area contributed by atoms with Crippen molar-refractivity contribution in [3.05, 3.63) is 23.8 Å². The number of fused-ring (bicyclic) bond motifs is 5. The van der Waals surface area contributed by atoms with E-state index in [0.29, 0.717) is 18.3 Å². The van der Waals surface area contributed by atoms with Gasteiger partial charge < -0.3 is 4.74 Å². The molecule has 0 saturated heterocycles. The molecule has 0 heterocycles. The van der Waals surface area contributed by atoms with Crippen molar-refractivity contribution < 1.29 is 19.1 Å². The van der Waals surface area contributed by atoms with Crippen LogP contribution in [0.1, 0.15) is 111 Å². The Hall–Kier alpha value is -1.13. The van der Waals surface area contributed by atoms with Gasteiger partial charge in [-0.25, -0.2) is 0 Å². The number of carbonyl (C=O) groups excluding carboxylic acids is 3. The highest BCUT2D eigenvalue weighted by molar-refractivity contribution is 6.34. The van der Waals surface area contributed by atoms with Gasteiger partial charge in [0.1, 0.15) is 6.61 Å². The Balaban J connectivity index is 1.19. The summed E-state index contributed by atoms with van der Waals surface area (Å²) in [6.45, 7) is 6.47. The number of rotatable bonds is 6. The number of alkyl halides is 2. The third kappa shape index (κ3) is 4.88. The van der Waals surface area contributed by atoms with E-state index in [1.165, 1.54) is 38.5 Å². The lowest BCUT2D eigenvalue weighted by molar-refractivity contribution is -0.159. The number of esters is 1. The van der Waals surface area contributed by atoms with E-state index in [1.807, 2.05) is 6.08 Å². The molecule has 232 valence electrons. The van der Waals surface area contributed by atoms with Crippen molar-refractivity contribution in [3.63, 3.8) is 0 Å². The molecule has 0 radical (unpaired) electrons. The Kier molecular flexibility index (Phi) is 8.57. The van der Waals surface area contributed by atoms with Crippen LogP contribution in [0.5, 0.6) is 0 Å². The van der Waals surface area contributed by atoms with Gasteiger partial charge in [-0.15, -0.1) is 23.2 Å². The summed E-state index contributed by atoms with van der Waals surface area (Å²) >= 11 is 15.0. The summed E-state index contributed by atoms with van der Waals surface area (Å²) < 4.78 is 6.01. The maximum Gasteiger partial charge on any atom is 0.309 e. The third-order valence-corrected chi connectivity index (χ3v) is 14.8. The molecule has 0 aliphatic heterocycles. The lowest BCUT2D eigenvalue weighted by atomic mass is 9.47. The molecule has 0 N–H and O–H groups in total. The van der Waals surface area contributed by atoms with Crippen LogP contribution in [0, 0.1) is 52.3 Å². The van der Waals surface area contributed by atoms with E-state index in [4.69, 9.17) is 27.9 Å². The Bertz CT molecular complexity index is 1130. The lowest BCUT2D eigenvalue weighted by Gasteiger charge is -2.63. The van der Waals surface area contributed by atoms with Gasteiger partial charge in [0.15, 0.2) is 11.6 Å². The summed E-state index contributed by atoms with van der Waals surface area (Å²) in [5.74, 6) is 1.09. The van der Waals surface area contributed by atoms with Crippen molar-refractivity contribution in [1.82, 2.24) is 0 Å². The molecule has 0 spiro atoms. The van der Waals surface area contributed by atoms with E-state index in [9.17, 15) is 14.4 Å². The Morgan fingerprint density at radius 1 is 0.976 bits per heavy atom. The lowest BCUT2D eigenvalue weighted by Crippen LogP contribution is -2.64. The quantitative estimate of drug-likeness (QED) is 0.221. The summed E-state index contributed by atoms with van der Waals surface area (Å²) in [4.78, 5) is 39.3. The molecule has 42 heavy (non-hydrogen) atoms. The molecule has 5 saturated carbocycles. The molecule has 4 nitrogen and oxygen atoms in total. The first-order valence-corrected chi connectivity index (χ1v) is 17.8. The Labute approximate surface area is 262 Å². The molecule has 6 rings (SSSR count). The van der Waals surface area contributed by atoms with Crippen LogP contribution in [0.4, 0.5) is 0 Å². The number of hydrogen-bond acceptors (Lipinski definition) is 4. The monoisotopic (exact) mass is 616 g/mol. The van der Waals surface area contributed by atoms with E-state index in [0.717, 1.165) is 50.5 Å². The first kappa shape index (κ1) is 30.9. The van der Waals surface area contributed by atoms with Gasteiger partial charge in [-0.3, -0.25) is 14.4 Å². The fourth-order valence-electron chi connectivity index (χ4n) is 11.3. The smallest absolute Gasteiger partial charge is 0.309 e. The van der Waals surface area contributed by atoms with Crippen LogP contribution < -0.4 is 0 Å². The van der Waals surface area contributed by atoms with E-state index in [1.54, 1.807) is 12.2 Å². The number of allylic oxidation sites excluding steroid dienone is 4. The van der Waals surface area contributed by atoms with Gasteiger partial charge in [-0.05, 0) is 98.5 Å². The zero-order valence-corrected chi connectivity index (χ0v) is 27.4. The van der Waals surface area contributed by atoms with Gasteiger partial charge in [-0.2, -0.15) is 0 Å². The van der Waals surface area contributed by atoms with Crippen LogP contribution in [0.2, 0.25) is 0 Å². The fourth-order valence-corrected chi connectivity index (χ4v) is 12.5. The Morgan fingerprint density at radius 2 is 1.60 bits per heavy atom. The van der Waals surface area contributed by atoms with Crippen LogP contribution in [0.3, 0.4) is 0 Å². The van der Waals surface area contributed by atoms with Crippen LogP contribution in [-0.4, -0.2) is 34.4 Å². The molecule has 0 unspecified atom stereocenters. The Morgan fingerprint density at radius 3 is 2.21 bits per heavy atom. The van der Waals surface area contributed by atoms with Crippen molar-refractivity contribution >= 4 is 40.7 Å². The summed E-state index contributed by atoms with van der Waals surface area (Å²) in [7, 11) is 0. The van der Waals surface area contributed by atoms with Crippen molar-refractivity contribution in [1.29, 1.82) is 0 Å². The number of Topliss-reactive ketones (excluding diaryl/α,β-unsaturated/α-hetero) is 1. The van der Waals surface area contributed by atoms with E-state index < -0.39 is 10.3 Å². The zero-order valence-electron chi connectivity index (χ0n) is 25.8. The number of hydrogen-bond donors (Lipinski definition) is 0. The molecule has 6 heteroatoms. The molecule has 0 amide bonds. The second-order valence-electron chi connectivity index (χ2n) is 15.4. The topological polar surface area (TPSA) is 60.4 Å². The summed E-state index contributed by atoms with van der Waals surface area (Å²) in [5.41, 5.74) is 0.315. The van der Waals surface area contributed by atoms with Gasteiger partial charge in [0, 0.05) is 11.3 Å². The zero-order chi connectivity index (χ0) is 29.9. The number of ether oxygens (including phenoxy) is 1. The predicted molar refractivity (Wildman–Crippen MR) is 167 cm³/mol. The largest absolute Gasteiger partial charge is 0.457 e. The molecule has 8 atom stereocenters. The second-order valence-corrected chi connectivity index (χ2v) is 16.5. The highest BCUT2D eigenvalue weighted by Gasteiger charge is 2.70. The molecular weight excluding hydrogens is 567 g/mol. The highest BCUT2D eigenvalue weighted by Crippen LogP contribution is 2.71. The highest BCUT2D eigenvalue weighted by atomic mass is 35.5. The third-order valence-electron chi connectivity index (χ3n) is 13.2. The van der Waals surface area contributed by atoms with Gasteiger partial charge in [0.25, 0.3) is 0 Å². The van der Waals surface area contributed by atoms with Crippen molar-refractivity contribution in [3.8, 4) is 0 Å². The minimum absolute atomic E-state index is 0.0249.